The minimum absolute atomic E-state index is 0. The summed E-state index contributed by atoms with van der Waals surface area (Å²) in [6.07, 6.45) is 1.67. The summed E-state index contributed by atoms with van der Waals surface area (Å²) in [4.78, 5) is 22.0. The molecule has 0 heterocycles. The maximum absolute atomic E-state index is 11.0. The predicted molar refractivity (Wildman–Crippen MR) is 145 cm³/mol. The van der Waals surface area contributed by atoms with Gasteiger partial charge in [-0.15, -0.1) is 0 Å². The van der Waals surface area contributed by atoms with Crippen molar-refractivity contribution in [2.45, 2.75) is 105 Å². The van der Waals surface area contributed by atoms with Crippen molar-refractivity contribution in [1.29, 1.82) is 0 Å². The second-order valence-corrected chi connectivity index (χ2v) is 13.2. The highest BCUT2D eigenvalue weighted by Crippen LogP contribution is 2.40. The third-order valence-electron chi connectivity index (χ3n) is 5.77. The van der Waals surface area contributed by atoms with E-state index in [4.69, 9.17) is 0 Å². The third kappa shape index (κ3) is 8.21. The Kier molecular flexibility index (Phi) is 10.1. The van der Waals surface area contributed by atoms with E-state index in [0.29, 0.717) is 22.6 Å². The van der Waals surface area contributed by atoms with Crippen molar-refractivity contribution < 1.29 is 25.3 Å². The summed E-state index contributed by atoms with van der Waals surface area (Å²) >= 11 is 0. The lowest BCUT2D eigenvalue weighted by Gasteiger charge is -2.27. The van der Waals surface area contributed by atoms with E-state index in [1.807, 2.05) is 83.1 Å². The summed E-state index contributed by atoms with van der Waals surface area (Å²) in [5, 5.41) is 20.7. The molecule has 2 aromatic carbocycles. The number of phenolic OH excluding ortho intramolecular Hbond substituents is 2. The fourth-order valence-corrected chi connectivity index (χ4v) is 3.74. The minimum atomic E-state index is -0.177. The average Bonchev–Trinajstić information content (AvgIpc) is 2.65. The lowest BCUT2D eigenvalue weighted by atomic mass is 9.78. The highest BCUT2D eigenvalue weighted by molar-refractivity contribution is 5.78. The highest BCUT2D eigenvalue weighted by Gasteiger charge is 2.27. The Balaban J connectivity index is 0.000000642. The van der Waals surface area contributed by atoms with Gasteiger partial charge in [-0.2, -0.15) is 0 Å². The Morgan fingerprint density at radius 3 is 0.771 bits per heavy atom. The van der Waals surface area contributed by atoms with Crippen LogP contribution in [-0.2, 0) is 21.7 Å². The monoisotopic (exact) mass is 486 g/mol. The Bertz CT molecular complexity index is 881. The lowest BCUT2D eigenvalue weighted by molar-refractivity contribution is 0.111. The number of benzene rings is 2. The summed E-state index contributed by atoms with van der Waals surface area (Å²) in [6, 6.07) is 7.10. The van der Waals surface area contributed by atoms with Gasteiger partial charge in [0, 0.05) is 33.4 Å². The summed E-state index contributed by atoms with van der Waals surface area (Å²) in [7, 11) is 0. The van der Waals surface area contributed by atoms with Crippen LogP contribution in [0.25, 0.3) is 0 Å². The van der Waals surface area contributed by atoms with Crippen LogP contribution in [0.15, 0.2) is 24.3 Å². The zero-order chi connectivity index (χ0) is 26.9. The van der Waals surface area contributed by atoms with Gasteiger partial charge in [-0.25, -0.2) is 0 Å². The molecule has 0 unspecified atom stereocenters. The molecule has 0 amide bonds. The summed E-state index contributed by atoms with van der Waals surface area (Å²) in [6.45, 7) is 24.4. The van der Waals surface area contributed by atoms with E-state index in [0.717, 1.165) is 34.8 Å². The average molecular weight is 487 g/mol. The second kappa shape index (κ2) is 10.9. The number of carbonyl (C=O) groups excluding carboxylic acids is 2. The first-order valence-corrected chi connectivity index (χ1v) is 11.8. The van der Waals surface area contributed by atoms with E-state index in [9.17, 15) is 19.8 Å². The molecule has 0 aliphatic rings. The number of aromatic hydroxyl groups is 2. The number of rotatable bonds is 2. The van der Waals surface area contributed by atoms with Crippen LogP contribution >= 0.6 is 0 Å². The van der Waals surface area contributed by atoms with Gasteiger partial charge < -0.3 is 15.7 Å². The first kappa shape index (κ1) is 32.3. The molecule has 0 aromatic heterocycles. The van der Waals surface area contributed by atoms with E-state index in [-0.39, 0.29) is 27.1 Å². The standard InChI is InChI=1S/2C15H22O2.H2O/c2*1-14(2,3)11-7-10(9-16)8-12(13(11)17)15(4,5)6;/h2*7-9,17H,1-6H3;1H2. The van der Waals surface area contributed by atoms with Crippen LogP contribution in [0.5, 0.6) is 11.5 Å². The maximum Gasteiger partial charge on any atom is 0.150 e. The van der Waals surface area contributed by atoms with Crippen LogP contribution < -0.4 is 0 Å². The van der Waals surface area contributed by atoms with Crippen molar-refractivity contribution in [3.63, 3.8) is 0 Å². The lowest BCUT2D eigenvalue weighted by Crippen LogP contribution is -2.17. The molecule has 0 atom stereocenters. The molecule has 5 nitrogen and oxygen atoms in total. The van der Waals surface area contributed by atoms with Crippen LogP contribution in [0.2, 0.25) is 0 Å². The number of phenols is 2. The van der Waals surface area contributed by atoms with Gasteiger partial charge in [0.1, 0.15) is 24.1 Å². The van der Waals surface area contributed by atoms with Crippen LogP contribution in [0.1, 0.15) is 126 Å². The normalized spacial score (nSPS) is 12.2. The van der Waals surface area contributed by atoms with E-state index >= 15 is 0 Å². The Labute approximate surface area is 211 Å². The van der Waals surface area contributed by atoms with Gasteiger partial charge in [-0.05, 0) is 45.9 Å². The van der Waals surface area contributed by atoms with Crippen molar-refractivity contribution in [2.24, 2.45) is 0 Å². The molecule has 5 heteroatoms. The van der Waals surface area contributed by atoms with Gasteiger partial charge in [0.25, 0.3) is 0 Å². The summed E-state index contributed by atoms with van der Waals surface area (Å²) < 4.78 is 0. The second-order valence-electron chi connectivity index (χ2n) is 13.2. The topological polar surface area (TPSA) is 106 Å². The van der Waals surface area contributed by atoms with Gasteiger partial charge in [-0.1, -0.05) is 83.1 Å². The molecule has 35 heavy (non-hydrogen) atoms. The van der Waals surface area contributed by atoms with Crippen molar-refractivity contribution in [3.8, 4) is 11.5 Å². The Hall–Kier alpha value is -2.66. The molecule has 2 rings (SSSR count). The quantitative estimate of drug-likeness (QED) is 0.456. The molecule has 0 saturated carbocycles. The predicted octanol–water partition coefficient (Wildman–Crippen LogP) is 6.77. The molecule has 196 valence electrons. The number of hydrogen-bond acceptors (Lipinski definition) is 4. The number of hydrogen-bond donors (Lipinski definition) is 2. The maximum atomic E-state index is 11.0. The van der Waals surface area contributed by atoms with E-state index in [1.165, 1.54) is 0 Å². The molecular formula is C30H46O5. The SMILES string of the molecule is CC(C)(C)c1cc(C=O)cc(C(C)(C)C)c1O.CC(C)(C)c1cc(C=O)cc(C(C)(C)C)c1O.O. The van der Waals surface area contributed by atoms with E-state index in [2.05, 4.69) is 0 Å². The fraction of sp³-hybridized carbons (Fsp3) is 0.533. The Morgan fingerprint density at radius 2 is 0.657 bits per heavy atom. The Morgan fingerprint density at radius 1 is 0.486 bits per heavy atom. The van der Waals surface area contributed by atoms with Gasteiger partial charge in [0.2, 0.25) is 0 Å². The van der Waals surface area contributed by atoms with Gasteiger partial charge in [-0.3, -0.25) is 9.59 Å². The molecule has 0 bridgehead atoms. The molecule has 2 aromatic rings. The van der Waals surface area contributed by atoms with Crippen LogP contribution in [0, 0.1) is 0 Å². The van der Waals surface area contributed by atoms with Crippen molar-refractivity contribution >= 4 is 12.6 Å². The number of carbonyl (C=O) groups is 2. The molecule has 4 N–H and O–H groups in total. The molecule has 0 spiro atoms. The van der Waals surface area contributed by atoms with Gasteiger partial charge in [0.15, 0.2) is 0 Å². The molecule has 0 saturated heterocycles. The highest BCUT2D eigenvalue weighted by atomic mass is 16.3. The van der Waals surface area contributed by atoms with E-state index < -0.39 is 0 Å². The zero-order valence-electron chi connectivity index (χ0n) is 23.7. The summed E-state index contributed by atoms with van der Waals surface area (Å²) in [5.41, 5.74) is 3.84. The van der Waals surface area contributed by atoms with Gasteiger partial charge in [0.05, 0.1) is 0 Å². The first-order valence-electron chi connectivity index (χ1n) is 11.8. The summed E-state index contributed by atoms with van der Waals surface area (Å²) in [5.74, 6) is 0.631. The molecule has 0 fully saturated rings. The van der Waals surface area contributed by atoms with Crippen molar-refractivity contribution in [1.82, 2.24) is 0 Å². The van der Waals surface area contributed by atoms with Crippen LogP contribution in [0.3, 0.4) is 0 Å². The smallest absolute Gasteiger partial charge is 0.150 e. The van der Waals surface area contributed by atoms with Crippen molar-refractivity contribution in [2.75, 3.05) is 0 Å². The largest absolute Gasteiger partial charge is 0.507 e. The fourth-order valence-electron chi connectivity index (χ4n) is 3.74. The van der Waals surface area contributed by atoms with Gasteiger partial charge >= 0.3 is 0 Å². The molecular weight excluding hydrogens is 440 g/mol. The number of aldehydes is 2. The molecule has 0 aliphatic carbocycles. The minimum Gasteiger partial charge on any atom is -0.507 e. The first-order chi connectivity index (χ1) is 15.1. The third-order valence-corrected chi connectivity index (χ3v) is 5.77. The zero-order valence-corrected chi connectivity index (χ0v) is 23.7. The molecule has 0 aliphatic heterocycles. The van der Waals surface area contributed by atoms with Crippen LogP contribution in [-0.4, -0.2) is 28.3 Å². The van der Waals surface area contributed by atoms with Crippen LogP contribution in [0.4, 0.5) is 0 Å². The molecule has 0 radical (unpaired) electrons. The van der Waals surface area contributed by atoms with Crippen molar-refractivity contribution in [3.05, 3.63) is 57.6 Å². The van der Waals surface area contributed by atoms with E-state index in [1.54, 1.807) is 24.3 Å².